The third-order valence-electron chi connectivity index (χ3n) is 5.68. The zero-order valence-corrected chi connectivity index (χ0v) is 17.4. The summed E-state index contributed by atoms with van der Waals surface area (Å²) in [6, 6.07) is 14.8. The molecule has 8 heteroatoms. The number of amides is 1. The van der Waals surface area contributed by atoms with Gasteiger partial charge in [0.2, 0.25) is 0 Å². The van der Waals surface area contributed by atoms with Crippen LogP contribution in [0.1, 0.15) is 35.0 Å². The van der Waals surface area contributed by atoms with Crippen LogP contribution in [0.2, 0.25) is 0 Å². The lowest BCUT2D eigenvalue weighted by Gasteiger charge is -2.20. The average molecular weight is 441 g/mol. The molecule has 0 bridgehead atoms. The standard InChI is InChI=1S/C24H22F3N3O2/c1-2-17-20(14-29-23(31)22-18-9-5-3-7-15(18)11-12-28-22)30-32-21(17)13-16-8-4-6-10-19(16)24(25,26)27/h3-12,17,21H,2,13-14H2,1H3,(H,29,31). The highest BCUT2D eigenvalue weighted by atomic mass is 19.4. The van der Waals surface area contributed by atoms with Gasteiger partial charge in [-0.2, -0.15) is 13.2 Å². The summed E-state index contributed by atoms with van der Waals surface area (Å²) in [4.78, 5) is 22.5. The summed E-state index contributed by atoms with van der Waals surface area (Å²) in [5.41, 5.74) is 0.424. The number of hydrogen-bond donors (Lipinski definition) is 1. The maximum atomic E-state index is 13.3. The molecule has 1 N–H and O–H groups in total. The number of nitrogens with one attached hydrogen (secondary N) is 1. The molecule has 3 aromatic rings. The Bertz CT molecular complexity index is 1160. The van der Waals surface area contributed by atoms with Crippen molar-refractivity contribution in [1.82, 2.24) is 10.3 Å². The molecule has 0 spiro atoms. The van der Waals surface area contributed by atoms with Crippen LogP contribution in [-0.4, -0.2) is 29.3 Å². The van der Waals surface area contributed by atoms with Crippen molar-refractivity contribution in [1.29, 1.82) is 0 Å². The van der Waals surface area contributed by atoms with Gasteiger partial charge in [0.25, 0.3) is 5.91 Å². The van der Waals surface area contributed by atoms with Crippen molar-refractivity contribution in [3.05, 3.63) is 77.6 Å². The number of aromatic nitrogens is 1. The number of oxime groups is 1. The summed E-state index contributed by atoms with van der Waals surface area (Å²) in [7, 11) is 0. The second-order valence-electron chi connectivity index (χ2n) is 7.66. The molecule has 2 aromatic carbocycles. The lowest BCUT2D eigenvalue weighted by Crippen LogP contribution is -2.35. The van der Waals surface area contributed by atoms with Crippen LogP contribution >= 0.6 is 0 Å². The molecule has 1 aliphatic rings. The van der Waals surface area contributed by atoms with E-state index in [0.717, 1.165) is 16.8 Å². The molecule has 2 heterocycles. The van der Waals surface area contributed by atoms with Gasteiger partial charge >= 0.3 is 6.18 Å². The van der Waals surface area contributed by atoms with Crippen molar-refractivity contribution >= 4 is 22.4 Å². The Morgan fingerprint density at radius 2 is 1.84 bits per heavy atom. The molecule has 32 heavy (non-hydrogen) atoms. The molecule has 0 radical (unpaired) electrons. The van der Waals surface area contributed by atoms with Crippen molar-refractivity contribution in [2.45, 2.75) is 32.0 Å². The van der Waals surface area contributed by atoms with E-state index >= 15 is 0 Å². The van der Waals surface area contributed by atoms with Gasteiger partial charge in [-0.3, -0.25) is 9.78 Å². The Hall–Kier alpha value is -3.42. The van der Waals surface area contributed by atoms with E-state index in [4.69, 9.17) is 4.84 Å². The van der Waals surface area contributed by atoms with E-state index in [-0.39, 0.29) is 30.4 Å². The first-order chi connectivity index (χ1) is 15.4. The Labute approximate surface area is 183 Å². The second kappa shape index (κ2) is 8.98. The molecule has 0 fully saturated rings. The van der Waals surface area contributed by atoms with Gasteiger partial charge in [-0.05, 0) is 29.5 Å². The number of rotatable bonds is 6. The molecule has 0 aliphatic carbocycles. The van der Waals surface area contributed by atoms with Crippen LogP contribution < -0.4 is 5.32 Å². The topological polar surface area (TPSA) is 63.6 Å². The maximum absolute atomic E-state index is 13.3. The van der Waals surface area contributed by atoms with E-state index in [1.165, 1.54) is 12.1 Å². The lowest BCUT2D eigenvalue weighted by atomic mass is 9.89. The summed E-state index contributed by atoms with van der Waals surface area (Å²) >= 11 is 0. The normalized spacial score (nSPS) is 18.3. The highest BCUT2D eigenvalue weighted by molar-refractivity contribution is 6.06. The van der Waals surface area contributed by atoms with Gasteiger partial charge in [0.05, 0.1) is 17.8 Å². The van der Waals surface area contributed by atoms with Gasteiger partial charge in [0.1, 0.15) is 11.8 Å². The molecule has 2 atom stereocenters. The van der Waals surface area contributed by atoms with Crippen LogP contribution in [0.5, 0.6) is 0 Å². The number of carbonyl (C=O) groups is 1. The molecular weight excluding hydrogens is 419 g/mol. The van der Waals surface area contributed by atoms with Crippen molar-refractivity contribution in [2.24, 2.45) is 11.1 Å². The van der Waals surface area contributed by atoms with E-state index < -0.39 is 17.8 Å². The first-order valence-electron chi connectivity index (χ1n) is 10.4. The monoisotopic (exact) mass is 441 g/mol. The molecule has 0 saturated carbocycles. The van der Waals surface area contributed by atoms with Crippen LogP contribution in [-0.2, 0) is 17.4 Å². The van der Waals surface area contributed by atoms with Crippen LogP contribution in [0, 0.1) is 5.92 Å². The molecule has 0 saturated heterocycles. The Kier molecular flexibility index (Phi) is 6.12. The Morgan fingerprint density at radius 1 is 1.09 bits per heavy atom. The van der Waals surface area contributed by atoms with Crippen molar-refractivity contribution < 1.29 is 22.8 Å². The number of benzene rings is 2. The third-order valence-corrected chi connectivity index (χ3v) is 5.68. The van der Waals surface area contributed by atoms with Gasteiger partial charge in [0.15, 0.2) is 0 Å². The fraction of sp³-hybridized carbons (Fsp3) is 0.292. The SMILES string of the molecule is CCC1C(CNC(=O)c2nccc3ccccc23)=NOC1Cc1ccccc1C(F)(F)F. The minimum atomic E-state index is -4.43. The molecule has 1 aromatic heterocycles. The van der Waals surface area contributed by atoms with E-state index in [0.29, 0.717) is 17.8 Å². The zero-order valence-electron chi connectivity index (χ0n) is 17.4. The maximum Gasteiger partial charge on any atom is 0.416 e. The summed E-state index contributed by atoms with van der Waals surface area (Å²) in [5, 5.41) is 8.56. The number of halogens is 3. The number of hydrogen-bond acceptors (Lipinski definition) is 4. The van der Waals surface area contributed by atoms with Crippen LogP contribution in [0.15, 0.2) is 65.9 Å². The molecule has 1 aliphatic heterocycles. The van der Waals surface area contributed by atoms with Crippen LogP contribution in [0.3, 0.4) is 0 Å². The van der Waals surface area contributed by atoms with Gasteiger partial charge in [-0.15, -0.1) is 0 Å². The molecule has 4 rings (SSSR count). The fourth-order valence-corrected chi connectivity index (χ4v) is 4.08. The summed E-state index contributed by atoms with van der Waals surface area (Å²) < 4.78 is 40.0. The quantitative estimate of drug-likeness (QED) is 0.585. The number of fused-ring (bicyclic) bond motifs is 1. The number of alkyl halides is 3. The van der Waals surface area contributed by atoms with Crippen molar-refractivity contribution in [3.8, 4) is 0 Å². The van der Waals surface area contributed by atoms with Gasteiger partial charge in [-0.25, -0.2) is 0 Å². The minimum Gasteiger partial charge on any atom is -0.391 e. The summed E-state index contributed by atoms with van der Waals surface area (Å²) in [5.74, 6) is -0.540. The van der Waals surface area contributed by atoms with Crippen molar-refractivity contribution in [2.75, 3.05) is 6.54 Å². The van der Waals surface area contributed by atoms with E-state index in [2.05, 4.69) is 15.5 Å². The van der Waals surface area contributed by atoms with E-state index in [1.807, 2.05) is 37.3 Å². The molecule has 166 valence electrons. The molecule has 2 unspecified atom stereocenters. The number of carbonyl (C=O) groups excluding carboxylic acids is 1. The Balaban J connectivity index is 1.44. The van der Waals surface area contributed by atoms with Crippen LogP contribution in [0.4, 0.5) is 13.2 Å². The predicted octanol–water partition coefficient (Wildman–Crippen LogP) is 5.01. The second-order valence-corrected chi connectivity index (χ2v) is 7.66. The van der Waals surface area contributed by atoms with Gasteiger partial charge in [-0.1, -0.05) is 54.5 Å². The number of pyridine rings is 1. The van der Waals surface area contributed by atoms with Gasteiger partial charge in [0, 0.05) is 23.9 Å². The Morgan fingerprint density at radius 3 is 2.62 bits per heavy atom. The third kappa shape index (κ3) is 4.44. The fourth-order valence-electron chi connectivity index (χ4n) is 4.08. The van der Waals surface area contributed by atoms with Gasteiger partial charge < -0.3 is 10.2 Å². The predicted molar refractivity (Wildman–Crippen MR) is 115 cm³/mol. The summed E-state index contributed by atoms with van der Waals surface area (Å²) in [6.07, 6.45) is -2.66. The average Bonchev–Trinajstić information content (AvgIpc) is 3.18. The summed E-state index contributed by atoms with van der Waals surface area (Å²) in [6.45, 7) is 2.06. The zero-order chi connectivity index (χ0) is 22.7. The lowest BCUT2D eigenvalue weighted by molar-refractivity contribution is -0.138. The molecule has 5 nitrogen and oxygen atoms in total. The van der Waals surface area contributed by atoms with Crippen LogP contribution in [0.25, 0.3) is 10.8 Å². The smallest absolute Gasteiger partial charge is 0.391 e. The largest absolute Gasteiger partial charge is 0.416 e. The number of nitrogens with zero attached hydrogens (tertiary/aromatic N) is 2. The highest BCUT2D eigenvalue weighted by Gasteiger charge is 2.37. The first-order valence-corrected chi connectivity index (χ1v) is 10.4. The van der Waals surface area contributed by atoms with Crippen molar-refractivity contribution in [3.63, 3.8) is 0 Å². The highest BCUT2D eigenvalue weighted by Crippen LogP contribution is 2.34. The minimum absolute atomic E-state index is 0.0833. The molecule has 1 amide bonds. The van der Waals surface area contributed by atoms with E-state index in [9.17, 15) is 18.0 Å². The van der Waals surface area contributed by atoms with E-state index in [1.54, 1.807) is 12.3 Å². The molecular formula is C24H22F3N3O2. The first kappa shape index (κ1) is 21.8.